The number of anilines is 1. The third kappa shape index (κ3) is 5.73. The summed E-state index contributed by atoms with van der Waals surface area (Å²) in [6, 6.07) is 16.2. The molecule has 0 spiro atoms. The van der Waals surface area contributed by atoms with Crippen LogP contribution in [0.4, 0.5) is 5.69 Å². The summed E-state index contributed by atoms with van der Waals surface area (Å²) in [4.78, 5) is 26.9. The van der Waals surface area contributed by atoms with Crippen LogP contribution in [0, 0.1) is 0 Å². The van der Waals surface area contributed by atoms with Gasteiger partial charge in [-0.15, -0.1) is 0 Å². The highest BCUT2D eigenvalue weighted by Gasteiger charge is 2.15. The van der Waals surface area contributed by atoms with Crippen molar-refractivity contribution in [3.8, 4) is 0 Å². The second-order valence-corrected chi connectivity index (χ2v) is 6.40. The SMILES string of the molecule is CCCCN(CCCC)C(=O)c1ccc(NC(=O)c2ccccc2)cc1. The number of nitrogens with one attached hydrogen (secondary N) is 1. The fourth-order valence-electron chi connectivity index (χ4n) is 2.68. The van der Waals surface area contributed by atoms with E-state index in [9.17, 15) is 9.59 Å². The van der Waals surface area contributed by atoms with Crippen molar-refractivity contribution in [1.82, 2.24) is 4.90 Å². The van der Waals surface area contributed by atoms with Gasteiger partial charge in [0.25, 0.3) is 11.8 Å². The van der Waals surface area contributed by atoms with E-state index in [2.05, 4.69) is 19.2 Å². The number of carbonyl (C=O) groups excluding carboxylic acids is 2. The average Bonchev–Trinajstić information content (AvgIpc) is 2.69. The van der Waals surface area contributed by atoms with Crippen LogP contribution in [0.3, 0.4) is 0 Å². The number of carbonyl (C=O) groups is 2. The van der Waals surface area contributed by atoms with Crippen molar-refractivity contribution in [3.63, 3.8) is 0 Å². The van der Waals surface area contributed by atoms with Crippen LogP contribution in [0.15, 0.2) is 54.6 Å². The summed E-state index contributed by atoms with van der Waals surface area (Å²) in [6.45, 7) is 5.85. The lowest BCUT2D eigenvalue weighted by Crippen LogP contribution is -2.32. The summed E-state index contributed by atoms with van der Waals surface area (Å²) in [5, 5.41) is 2.86. The lowest BCUT2D eigenvalue weighted by atomic mass is 10.1. The van der Waals surface area contributed by atoms with E-state index in [1.165, 1.54) is 0 Å². The van der Waals surface area contributed by atoms with Gasteiger partial charge in [0.05, 0.1) is 0 Å². The first-order chi connectivity index (χ1) is 12.7. The molecule has 0 aliphatic heterocycles. The van der Waals surface area contributed by atoms with Gasteiger partial charge in [0.2, 0.25) is 0 Å². The summed E-state index contributed by atoms with van der Waals surface area (Å²) >= 11 is 0. The quantitative estimate of drug-likeness (QED) is 0.692. The Morgan fingerprint density at radius 1 is 0.808 bits per heavy atom. The first kappa shape index (κ1) is 19.7. The molecule has 0 fully saturated rings. The molecule has 138 valence electrons. The lowest BCUT2D eigenvalue weighted by molar-refractivity contribution is 0.0751. The summed E-state index contributed by atoms with van der Waals surface area (Å²) in [5.41, 5.74) is 1.96. The summed E-state index contributed by atoms with van der Waals surface area (Å²) < 4.78 is 0. The van der Waals surface area contributed by atoms with Gasteiger partial charge in [0.1, 0.15) is 0 Å². The predicted molar refractivity (Wildman–Crippen MR) is 107 cm³/mol. The van der Waals surface area contributed by atoms with Gasteiger partial charge in [0.15, 0.2) is 0 Å². The van der Waals surface area contributed by atoms with E-state index >= 15 is 0 Å². The highest BCUT2D eigenvalue weighted by Crippen LogP contribution is 2.14. The molecule has 0 aromatic heterocycles. The van der Waals surface area contributed by atoms with Crippen molar-refractivity contribution in [2.75, 3.05) is 18.4 Å². The van der Waals surface area contributed by atoms with Gasteiger partial charge in [-0.2, -0.15) is 0 Å². The largest absolute Gasteiger partial charge is 0.339 e. The zero-order valence-corrected chi connectivity index (χ0v) is 15.7. The second-order valence-electron chi connectivity index (χ2n) is 6.40. The van der Waals surface area contributed by atoms with Crippen molar-refractivity contribution in [2.45, 2.75) is 39.5 Å². The highest BCUT2D eigenvalue weighted by molar-refractivity contribution is 6.04. The van der Waals surface area contributed by atoms with Gasteiger partial charge >= 0.3 is 0 Å². The normalized spacial score (nSPS) is 10.4. The number of unbranched alkanes of at least 4 members (excludes halogenated alkanes) is 2. The second kappa shape index (κ2) is 10.4. The van der Waals surface area contributed by atoms with Gasteiger partial charge < -0.3 is 10.2 Å². The van der Waals surface area contributed by atoms with Crippen molar-refractivity contribution in [2.24, 2.45) is 0 Å². The molecule has 4 nitrogen and oxygen atoms in total. The zero-order chi connectivity index (χ0) is 18.8. The molecule has 0 heterocycles. The van der Waals surface area contributed by atoms with Gasteiger partial charge in [-0.05, 0) is 49.2 Å². The van der Waals surface area contributed by atoms with Crippen molar-refractivity contribution < 1.29 is 9.59 Å². The van der Waals surface area contributed by atoms with Crippen molar-refractivity contribution in [3.05, 3.63) is 65.7 Å². The number of nitrogens with zero attached hydrogens (tertiary/aromatic N) is 1. The van der Waals surface area contributed by atoms with Crippen LogP contribution in [-0.2, 0) is 0 Å². The van der Waals surface area contributed by atoms with Gasteiger partial charge in [-0.3, -0.25) is 9.59 Å². The molecule has 1 N–H and O–H groups in total. The van der Waals surface area contributed by atoms with Gasteiger partial charge in [0, 0.05) is 29.9 Å². The molecule has 0 atom stereocenters. The maximum absolute atomic E-state index is 12.8. The van der Waals surface area contributed by atoms with Gasteiger partial charge in [-0.25, -0.2) is 0 Å². The minimum atomic E-state index is -0.155. The van der Waals surface area contributed by atoms with Crippen LogP contribution in [0.25, 0.3) is 0 Å². The standard InChI is InChI=1S/C22H28N2O2/c1-3-5-16-24(17-6-4-2)22(26)19-12-14-20(15-13-19)23-21(25)18-10-8-7-9-11-18/h7-15H,3-6,16-17H2,1-2H3,(H,23,25). The topological polar surface area (TPSA) is 49.4 Å². The molecule has 2 aromatic rings. The Kier molecular flexibility index (Phi) is 7.87. The van der Waals surface area contributed by atoms with Crippen molar-refractivity contribution >= 4 is 17.5 Å². The molecule has 0 aliphatic rings. The Labute approximate surface area is 156 Å². The van der Waals surface area contributed by atoms with E-state index in [1.54, 1.807) is 36.4 Å². The Balaban J connectivity index is 2.02. The minimum Gasteiger partial charge on any atom is -0.339 e. The molecule has 2 aromatic carbocycles. The highest BCUT2D eigenvalue weighted by atomic mass is 16.2. The molecule has 0 saturated heterocycles. The van der Waals surface area contributed by atoms with Crippen molar-refractivity contribution in [1.29, 1.82) is 0 Å². The van der Waals surface area contributed by atoms with Crippen LogP contribution >= 0.6 is 0 Å². The fraction of sp³-hybridized carbons (Fsp3) is 0.364. The number of hydrogen-bond acceptors (Lipinski definition) is 2. The number of benzene rings is 2. The summed E-state index contributed by atoms with van der Waals surface area (Å²) in [7, 11) is 0. The van der Waals surface area contributed by atoms with Crippen LogP contribution < -0.4 is 5.32 Å². The molecule has 2 amide bonds. The van der Waals surface area contributed by atoms with Crippen LogP contribution in [-0.4, -0.2) is 29.8 Å². The Morgan fingerprint density at radius 3 is 1.92 bits per heavy atom. The number of rotatable bonds is 9. The molecular weight excluding hydrogens is 324 g/mol. The molecule has 4 heteroatoms. The maximum Gasteiger partial charge on any atom is 0.255 e. The smallest absolute Gasteiger partial charge is 0.255 e. The third-order valence-corrected chi connectivity index (χ3v) is 4.28. The molecule has 26 heavy (non-hydrogen) atoms. The Morgan fingerprint density at radius 2 is 1.38 bits per heavy atom. The maximum atomic E-state index is 12.8. The summed E-state index contributed by atoms with van der Waals surface area (Å²) in [5.74, 6) is -0.0926. The predicted octanol–water partition coefficient (Wildman–Crippen LogP) is 4.98. The van der Waals surface area contributed by atoms with Crippen LogP contribution in [0.2, 0.25) is 0 Å². The number of hydrogen-bond donors (Lipinski definition) is 1. The molecule has 0 bridgehead atoms. The van der Waals surface area contributed by atoms with Crippen LogP contribution in [0.5, 0.6) is 0 Å². The Bertz CT molecular complexity index is 688. The van der Waals surface area contributed by atoms with E-state index in [-0.39, 0.29) is 11.8 Å². The van der Waals surface area contributed by atoms with E-state index < -0.39 is 0 Å². The van der Waals surface area contributed by atoms with E-state index in [1.807, 2.05) is 23.1 Å². The monoisotopic (exact) mass is 352 g/mol. The third-order valence-electron chi connectivity index (χ3n) is 4.28. The average molecular weight is 352 g/mol. The summed E-state index contributed by atoms with van der Waals surface area (Å²) in [6.07, 6.45) is 4.17. The lowest BCUT2D eigenvalue weighted by Gasteiger charge is -2.22. The van der Waals surface area contributed by atoms with E-state index in [4.69, 9.17) is 0 Å². The molecule has 0 radical (unpaired) electrons. The van der Waals surface area contributed by atoms with Crippen LogP contribution in [0.1, 0.15) is 60.2 Å². The molecule has 0 saturated carbocycles. The first-order valence-electron chi connectivity index (χ1n) is 9.41. The molecule has 2 rings (SSSR count). The van der Waals surface area contributed by atoms with E-state index in [0.29, 0.717) is 16.8 Å². The molecular formula is C22H28N2O2. The Hall–Kier alpha value is -2.62. The zero-order valence-electron chi connectivity index (χ0n) is 15.7. The van der Waals surface area contributed by atoms with E-state index in [0.717, 1.165) is 38.8 Å². The number of amides is 2. The minimum absolute atomic E-state index is 0.0628. The molecule has 0 unspecified atom stereocenters. The van der Waals surface area contributed by atoms with Gasteiger partial charge in [-0.1, -0.05) is 44.9 Å². The molecule has 0 aliphatic carbocycles. The fourth-order valence-corrected chi connectivity index (χ4v) is 2.68. The first-order valence-corrected chi connectivity index (χ1v) is 9.41.